The van der Waals surface area contributed by atoms with Gasteiger partial charge in [-0.2, -0.15) is 13.2 Å². The molecule has 0 aromatic heterocycles. The Labute approximate surface area is 122 Å². The molecule has 1 unspecified atom stereocenters. The van der Waals surface area contributed by atoms with Crippen LogP contribution in [-0.4, -0.2) is 23.4 Å². The van der Waals surface area contributed by atoms with Gasteiger partial charge in [-0.3, -0.25) is 4.90 Å². The van der Waals surface area contributed by atoms with Crippen LogP contribution in [-0.2, 0) is 12.7 Å². The van der Waals surface area contributed by atoms with Gasteiger partial charge in [0.1, 0.15) is 0 Å². The normalized spacial score (nSPS) is 21.1. The Morgan fingerprint density at radius 2 is 2.05 bits per heavy atom. The molecule has 0 spiro atoms. The molecule has 5 heteroatoms. The van der Waals surface area contributed by atoms with E-state index >= 15 is 0 Å². The minimum Gasteiger partial charge on any atom is -0.296 e. The summed E-state index contributed by atoms with van der Waals surface area (Å²) in [6.45, 7) is 1.52. The van der Waals surface area contributed by atoms with Gasteiger partial charge in [-0.05, 0) is 37.4 Å². The number of rotatable bonds is 4. The number of likely N-dealkylation sites (tertiary alicyclic amines) is 1. The quantitative estimate of drug-likeness (QED) is 0.730. The van der Waals surface area contributed by atoms with E-state index in [0.717, 1.165) is 37.4 Å². The smallest absolute Gasteiger partial charge is 0.296 e. The predicted octanol–water partition coefficient (Wildman–Crippen LogP) is 4.69. The van der Waals surface area contributed by atoms with Gasteiger partial charge in [0.05, 0.1) is 5.56 Å². The van der Waals surface area contributed by atoms with Crippen molar-refractivity contribution in [1.82, 2.24) is 4.90 Å². The zero-order chi connectivity index (χ0) is 14.6. The molecule has 1 aliphatic rings. The SMILES string of the molecule is FC(F)(F)c1cccc(CN2CCCCC2CCCl)c1. The topological polar surface area (TPSA) is 3.24 Å². The van der Waals surface area contributed by atoms with Crippen LogP contribution in [0.25, 0.3) is 0 Å². The van der Waals surface area contributed by atoms with E-state index in [1.54, 1.807) is 6.07 Å². The van der Waals surface area contributed by atoms with Crippen molar-refractivity contribution in [1.29, 1.82) is 0 Å². The standard InChI is InChI=1S/C15H19ClF3N/c16-8-7-14-6-1-2-9-20(14)11-12-4-3-5-13(10-12)15(17,18)19/h3-5,10,14H,1-2,6-9,11H2. The van der Waals surface area contributed by atoms with Crippen LogP contribution >= 0.6 is 11.6 Å². The minimum atomic E-state index is -4.27. The zero-order valence-electron chi connectivity index (χ0n) is 11.3. The highest BCUT2D eigenvalue weighted by Crippen LogP contribution is 2.30. The second-order valence-electron chi connectivity index (χ2n) is 5.30. The highest BCUT2D eigenvalue weighted by atomic mass is 35.5. The van der Waals surface area contributed by atoms with Gasteiger partial charge in [0.25, 0.3) is 0 Å². The molecule has 1 nitrogen and oxygen atoms in total. The van der Waals surface area contributed by atoms with Gasteiger partial charge in [0, 0.05) is 18.5 Å². The summed E-state index contributed by atoms with van der Waals surface area (Å²) in [7, 11) is 0. The van der Waals surface area contributed by atoms with Crippen molar-refractivity contribution >= 4 is 11.6 Å². The average Bonchev–Trinajstić information content (AvgIpc) is 2.41. The Balaban J connectivity index is 2.08. The van der Waals surface area contributed by atoms with Crippen molar-refractivity contribution < 1.29 is 13.2 Å². The lowest BCUT2D eigenvalue weighted by molar-refractivity contribution is -0.137. The predicted molar refractivity (Wildman–Crippen MR) is 74.8 cm³/mol. The third kappa shape index (κ3) is 4.13. The largest absolute Gasteiger partial charge is 0.416 e. The second-order valence-corrected chi connectivity index (χ2v) is 5.67. The minimum absolute atomic E-state index is 0.399. The first-order valence-electron chi connectivity index (χ1n) is 6.97. The maximum absolute atomic E-state index is 12.7. The van der Waals surface area contributed by atoms with E-state index in [9.17, 15) is 13.2 Å². The Bertz CT molecular complexity index is 431. The van der Waals surface area contributed by atoms with E-state index in [1.807, 2.05) is 0 Å². The van der Waals surface area contributed by atoms with Gasteiger partial charge < -0.3 is 0 Å². The molecular formula is C15H19ClF3N. The molecule has 1 heterocycles. The lowest BCUT2D eigenvalue weighted by Crippen LogP contribution is -2.39. The molecule has 0 radical (unpaired) electrons. The highest BCUT2D eigenvalue weighted by Gasteiger charge is 2.30. The molecule has 1 aliphatic heterocycles. The van der Waals surface area contributed by atoms with E-state index in [2.05, 4.69) is 4.90 Å². The molecule has 0 saturated carbocycles. The summed E-state index contributed by atoms with van der Waals surface area (Å²) in [5.74, 6) is 0.601. The lowest BCUT2D eigenvalue weighted by Gasteiger charge is -2.35. The van der Waals surface area contributed by atoms with Gasteiger partial charge in [-0.1, -0.05) is 24.6 Å². The van der Waals surface area contributed by atoms with Crippen molar-refractivity contribution in [3.05, 3.63) is 35.4 Å². The first-order chi connectivity index (χ1) is 9.50. The van der Waals surface area contributed by atoms with Crippen LogP contribution in [0.1, 0.15) is 36.8 Å². The Morgan fingerprint density at radius 3 is 2.75 bits per heavy atom. The molecule has 1 fully saturated rings. The van der Waals surface area contributed by atoms with Crippen molar-refractivity contribution in [2.45, 2.75) is 44.4 Å². The van der Waals surface area contributed by atoms with E-state index in [4.69, 9.17) is 11.6 Å². The van der Waals surface area contributed by atoms with Crippen LogP contribution < -0.4 is 0 Å². The van der Waals surface area contributed by atoms with Gasteiger partial charge >= 0.3 is 6.18 Å². The van der Waals surface area contributed by atoms with Crippen LogP contribution in [0.3, 0.4) is 0 Å². The number of hydrogen-bond donors (Lipinski definition) is 0. The van der Waals surface area contributed by atoms with Gasteiger partial charge in [-0.15, -0.1) is 11.6 Å². The van der Waals surface area contributed by atoms with Gasteiger partial charge in [0.2, 0.25) is 0 Å². The molecular weight excluding hydrogens is 287 g/mol. The summed E-state index contributed by atoms with van der Waals surface area (Å²) in [4.78, 5) is 2.27. The summed E-state index contributed by atoms with van der Waals surface area (Å²) < 4.78 is 38.1. The Morgan fingerprint density at radius 1 is 1.25 bits per heavy atom. The van der Waals surface area contributed by atoms with Crippen LogP contribution in [0, 0.1) is 0 Å². The van der Waals surface area contributed by atoms with Crippen molar-refractivity contribution in [3.63, 3.8) is 0 Å². The number of benzene rings is 1. The average molecular weight is 306 g/mol. The molecule has 0 aliphatic carbocycles. The number of halogens is 4. The molecule has 1 aromatic rings. The van der Waals surface area contributed by atoms with Crippen molar-refractivity contribution in [3.8, 4) is 0 Å². The van der Waals surface area contributed by atoms with Crippen LogP contribution in [0.2, 0.25) is 0 Å². The molecule has 20 heavy (non-hydrogen) atoms. The number of piperidine rings is 1. The monoisotopic (exact) mass is 305 g/mol. The fourth-order valence-electron chi connectivity index (χ4n) is 2.80. The molecule has 112 valence electrons. The number of hydrogen-bond acceptors (Lipinski definition) is 1. The fraction of sp³-hybridized carbons (Fsp3) is 0.600. The molecule has 1 atom stereocenters. The van der Waals surface area contributed by atoms with Crippen LogP contribution in [0.5, 0.6) is 0 Å². The zero-order valence-corrected chi connectivity index (χ0v) is 12.1. The Hall–Kier alpha value is -0.740. The molecule has 2 rings (SSSR count). The third-order valence-corrected chi connectivity index (χ3v) is 4.05. The van der Waals surface area contributed by atoms with Crippen LogP contribution in [0.15, 0.2) is 24.3 Å². The van der Waals surface area contributed by atoms with E-state index in [-0.39, 0.29) is 0 Å². The van der Waals surface area contributed by atoms with Gasteiger partial charge in [-0.25, -0.2) is 0 Å². The fourth-order valence-corrected chi connectivity index (χ4v) is 3.05. The first kappa shape index (κ1) is 15.6. The number of nitrogens with zero attached hydrogens (tertiary/aromatic N) is 1. The van der Waals surface area contributed by atoms with E-state index in [1.165, 1.54) is 18.6 Å². The summed E-state index contributed by atoms with van der Waals surface area (Å²) in [6, 6.07) is 6.03. The highest BCUT2D eigenvalue weighted by molar-refractivity contribution is 6.17. The lowest BCUT2D eigenvalue weighted by atomic mass is 9.99. The molecule has 1 aromatic carbocycles. The number of alkyl halides is 4. The third-order valence-electron chi connectivity index (χ3n) is 3.83. The van der Waals surface area contributed by atoms with Crippen molar-refractivity contribution in [2.75, 3.05) is 12.4 Å². The molecule has 0 amide bonds. The molecule has 1 saturated heterocycles. The van der Waals surface area contributed by atoms with Crippen LogP contribution in [0.4, 0.5) is 13.2 Å². The molecule has 0 bridgehead atoms. The summed E-state index contributed by atoms with van der Waals surface area (Å²) in [5.41, 5.74) is 0.155. The van der Waals surface area contributed by atoms with E-state index < -0.39 is 11.7 Å². The maximum Gasteiger partial charge on any atom is 0.416 e. The summed E-state index contributed by atoms with van der Waals surface area (Å²) in [6.07, 6.45) is 0.0119. The molecule has 0 N–H and O–H groups in total. The van der Waals surface area contributed by atoms with Gasteiger partial charge in [0.15, 0.2) is 0 Å². The maximum atomic E-state index is 12.7. The first-order valence-corrected chi connectivity index (χ1v) is 7.50. The Kier molecular flexibility index (Phi) is 5.33. The second kappa shape index (κ2) is 6.81. The summed E-state index contributed by atoms with van der Waals surface area (Å²) in [5, 5.41) is 0. The van der Waals surface area contributed by atoms with E-state index in [0.29, 0.717) is 18.5 Å². The van der Waals surface area contributed by atoms with Crippen molar-refractivity contribution in [2.24, 2.45) is 0 Å². The summed E-state index contributed by atoms with van der Waals surface area (Å²) >= 11 is 5.81.